The van der Waals surface area contributed by atoms with Crippen molar-refractivity contribution in [2.75, 3.05) is 26.7 Å². The lowest BCUT2D eigenvalue weighted by molar-refractivity contribution is -0.137. The molecule has 0 aliphatic carbocycles. The number of likely N-dealkylation sites (tertiary alicyclic amines) is 1. The Morgan fingerprint density at radius 1 is 0.825 bits per heavy atom. The molecule has 9 nitrogen and oxygen atoms in total. The van der Waals surface area contributed by atoms with E-state index in [1.54, 1.807) is 7.11 Å². The second kappa shape index (κ2) is 18.6. The van der Waals surface area contributed by atoms with Crippen LogP contribution < -0.4 is 4.74 Å². The van der Waals surface area contributed by atoms with Gasteiger partial charge in [-0.15, -0.1) is 0 Å². The standard InChI is InChI=1S/C27H37NO4.C4H4O4/c1-31-24-15-13-23(14-16-24)27(22-10-6-5-7-11-22)32-25-17-20-28(21-18-25)19-9-4-2-3-8-12-26(29)30;5-3(6)1-2-4(7)8/h5-7,10-11,13-16,25,27H,2-4,8-9,12,17-21H2,1H3,(H,29,30);1-2H,(H,5,6)(H,7,8). The van der Waals surface area contributed by atoms with Gasteiger partial charge in [0.25, 0.3) is 0 Å². The van der Waals surface area contributed by atoms with Crippen LogP contribution in [0.1, 0.15) is 68.6 Å². The van der Waals surface area contributed by atoms with Crippen molar-refractivity contribution >= 4 is 17.9 Å². The van der Waals surface area contributed by atoms with Gasteiger partial charge >= 0.3 is 17.9 Å². The summed E-state index contributed by atoms with van der Waals surface area (Å²) in [6, 6.07) is 18.7. The van der Waals surface area contributed by atoms with Gasteiger partial charge in [0.15, 0.2) is 0 Å². The first-order valence-corrected chi connectivity index (χ1v) is 13.7. The van der Waals surface area contributed by atoms with Crippen LogP contribution in [0.3, 0.4) is 0 Å². The molecule has 0 amide bonds. The van der Waals surface area contributed by atoms with Crippen LogP contribution in [0.2, 0.25) is 0 Å². The first-order chi connectivity index (χ1) is 19.3. The maximum absolute atomic E-state index is 10.6. The molecule has 2 aromatic carbocycles. The molecule has 2 aromatic rings. The number of methoxy groups -OCH3 is 1. The summed E-state index contributed by atoms with van der Waals surface area (Å²) >= 11 is 0. The van der Waals surface area contributed by atoms with Crippen molar-refractivity contribution in [3.05, 3.63) is 77.9 Å². The topological polar surface area (TPSA) is 134 Å². The van der Waals surface area contributed by atoms with E-state index in [0.717, 1.165) is 63.1 Å². The number of benzene rings is 2. The fourth-order valence-corrected chi connectivity index (χ4v) is 4.50. The Morgan fingerprint density at radius 3 is 1.93 bits per heavy atom. The van der Waals surface area contributed by atoms with Gasteiger partial charge in [-0.3, -0.25) is 4.79 Å². The lowest BCUT2D eigenvalue weighted by Crippen LogP contribution is -2.38. The van der Waals surface area contributed by atoms with Crippen molar-refractivity contribution in [3.8, 4) is 5.75 Å². The first-order valence-electron chi connectivity index (χ1n) is 13.7. The summed E-state index contributed by atoms with van der Waals surface area (Å²) in [5.41, 5.74) is 2.34. The van der Waals surface area contributed by atoms with Gasteiger partial charge in [0, 0.05) is 31.7 Å². The van der Waals surface area contributed by atoms with Crippen LogP contribution in [-0.4, -0.2) is 71.0 Å². The van der Waals surface area contributed by atoms with E-state index >= 15 is 0 Å². The fraction of sp³-hybridized carbons (Fsp3) is 0.452. The average Bonchev–Trinajstić information content (AvgIpc) is 2.96. The number of nitrogens with zero attached hydrogens (tertiary/aromatic N) is 1. The van der Waals surface area contributed by atoms with Gasteiger partial charge in [-0.25, -0.2) is 9.59 Å². The molecule has 0 radical (unpaired) electrons. The van der Waals surface area contributed by atoms with E-state index in [1.165, 1.54) is 18.4 Å². The number of carboxylic acids is 3. The van der Waals surface area contributed by atoms with E-state index in [9.17, 15) is 14.4 Å². The molecule has 0 spiro atoms. The smallest absolute Gasteiger partial charge is 0.328 e. The molecule has 1 atom stereocenters. The maximum Gasteiger partial charge on any atom is 0.328 e. The Kier molecular flexibility index (Phi) is 15.1. The molecule has 218 valence electrons. The van der Waals surface area contributed by atoms with Gasteiger partial charge < -0.3 is 29.7 Å². The number of ether oxygens (including phenoxy) is 2. The zero-order valence-corrected chi connectivity index (χ0v) is 23.1. The van der Waals surface area contributed by atoms with E-state index in [2.05, 4.69) is 41.3 Å². The highest BCUT2D eigenvalue weighted by atomic mass is 16.5. The molecular weight excluding hydrogens is 514 g/mol. The number of rotatable bonds is 15. The SMILES string of the molecule is COc1ccc(C(OC2CCN(CCCCCCCC(=O)O)CC2)c2ccccc2)cc1.O=C(O)C=CC(=O)O. The third-order valence-electron chi connectivity index (χ3n) is 6.62. The van der Waals surface area contributed by atoms with Crippen LogP contribution in [0.25, 0.3) is 0 Å². The van der Waals surface area contributed by atoms with E-state index < -0.39 is 17.9 Å². The molecule has 1 aliphatic rings. The Bertz CT molecular complexity index is 1030. The highest BCUT2D eigenvalue weighted by Crippen LogP contribution is 2.31. The molecule has 1 fully saturated rings. The molecule has 1 unspecified atom stereocenters. The molecule has 3 rings (SSSR count). The third kappa shape index (κ3) is 13.4. The number of piperidine rings is 1. The van der Waals surface area contributed by atoms with E-state index in [0.29, 0.717) is 18.6 Å². The van der Waals surface area contributed by atoms with Crippen LogP contribution >= 0.6 is 0 Å². The fourth-order valence-electron chi connectivity index (χ4n) is 4.50. The van der Waals surface area contributed by atoms with Crippen molar-refractivity contribution < 1.29 is 39.2 Å². The number of unbranched alkanes of at least 4 members (excludes halogenated alkanes) is 4. The predicted octanol–water partition coefficient (Wildman–Crippen LogP) is 5.40. The minimum Gasteiger partial charge on any atom is -0.497 e. The van der Waals surface area contributed by atoms with E-state index in [4.69, 9.17) is 24.8 Å². The second-order valence-corrected chi connectivity index (χ2v) is 9.66. The monoisotopic (exact) mass is 555 g/mol. The van der Waals surface area contributed by atoms with Gasteiger partial charge in [-0.2, -0.15) is 0 Å². The zero-order valence-electron chi connectivity index (χ0n) is 23.1. The number of hydrogen-bond acceptors (Lipinski definition) is 6. The number of carbonyl (C=O) groups is 3. The summed E-state index contributed by atoms with van der Waals surface area (Å²) in [6.45, 7) is 3.29. The van der Waals surface area contributed by atoms with Crippen LogP contribution in [0.4, 0.5) is 0 Å². The number of hydrogen-bond donors (Lipinski definition) is 3. The Labute approximate surface area is 236 Å². The minimum absolute atomic E-state index is 0.0653. The first kappa shape index (κ1) is 32.5. The summed E-state index contributed by atoms with van der Waals surface area (Å²) < 4.78 is 12.0. The Morgan fingerprint density at radius 2 is 1.38 bits per heavy atom. The lowest BCUT2D eigenvalue weighted by Gasteiger charge is -2.34. The van der Waals surface area contributed by atoms with E-state index in [-0.39, 0.29) is 12.2 Å². The van der Waals surface area contributed by atoms with Crippen molar-refractivity contribution in [1.29, 1.82) is 0 Å². The summed E-state index contributed by atoms with van der Waals surface area (Å²) in [5.74, 6) is -2.34. The van der Waals surface area contributed by atoms with E-state index in [1.807, 2.05) is 18.2 Å². The largest absolute Gasteiger partial charge is 0.497 e. The van der Waals surface area contributed by atoms with Gasteiger partial charge in [0.2, 0.25) is 0 Å². The quantitative estimate of drug-likeness (QED) is 0.195. The van der Waals surface area contributed by atoms with Gasteiger partial charge in [-0.1, -0.05) is 61.7 Å². The predicted molar refractivity (Wildman–Crippen MR) is 152 cm³/mol. The van der Waals surface area contributed by atoms with Crippen molar-refractivity contribution in [2.45, 2.75) is 63.6 Å². The summed E-state index contributed by atoms with van der Waals surface area (Å²) in [6.07, 6.45) is 9.05. The molecule has 0 bridgehead atoms. The highest BCUT2D eigenvalue weighted by Gasteiger charge is 2.24. The minimum atomic E-state index is -1.26. The highest BCUT2D eigenvalue weighted by molar-refractivity contribution is 5.89. The molecule has 0 aromatic heterocycles. The summed E-state index contributed by atoms with van der Waals surface area (Å²) in [4.78, 5) is 32.2. The number of aliphatic carboxylic acids is 3. The molecule has 1 aliphatic heterocycles. The second-order valence-electron chi connectivity index (χ2n) is 9.66. The van der Waals surface area contributed by atoms with Crippen molar-refractivity contribution in [1.82, 2.24) is 4.90 Å². The van der Waals surface area contributed by atoms with Crippen LogP contribution in [-0.2, 0) is 19.1 Å². The lowest BCUT2D eigenvalue weighted by atomic mass is 9.99. The van der Waals surface area contributed by atoms with Gasteiger partial charge in [-0.05, 0) is 55.5 Å². The summed E-state index contributed by atoms with van der Waals surface area (Å²) in [7, 11) is 1.69. The van der Waals surface area contributed by atoms with Gasteiger partial charge in [0.1, 0.15) is 11.9 Å². The van der Waals surface area contributed by atoms with Gasteiger partial charge in [0.05, 0.1) is 13.2 Å². The Hall–Kier alpha value is -3.69. The summed E-state index contributed by atoms with van der Waals surface area (Å²) in [5, 5.41) is 24.3. The maximum atomic E-state index is 10.6. The normalized spacial score (nSPS) is 14.7. The molecular formula is C31H41NO8. The van der Waals surface area contributed by atoms with Crippen LogP contribution in [0.15, 0.2) is 66.7 Å². The molecule has 3 N–H and O–H groups in total. The number of carboxylic acid groups (broad SMARTS) is 3. The van der Waals surface area contributed by atoms with Crippen molar-refractivity contribution in [3.63, 3.8) is 0 Å². The van der Waals surface area contributed by atoms with Crippen molar-refractivity contribution in [2.24, 2.45) is 0 Å². The molecule has 1 saturated heterocycles. The molecule has 0 saturated carbocycles. The van der Waals surface area contributed by atoms with Crippen LogP contribution in [0.5, 0.6) is 5.75 Å². The molecule has 40 heavy (non-hydrogen) atoms. The third-order valence-corrected chi connectivity index (χ3v) is 6.62. The molecule has 9 heteroatoms. The zero-order chi connectivity index (χ0) is 29.2. The average molecular weight is 556 g/mol. The molecule has 1 heterocycles. The van der Waals surface area contributed by atoms with Crippen LogP contribution in [0, 0.1) is 0 Å². The Balaban J connectivity index is 0.000000611.